The van der Waals surface area contributed by atoms with E-state index in [1.165, 1.54) is 24.9 Å². The topological polar surface area (TPSA) is 38.1 Å². The number of hydrogen-bond donors (Lipinski definition) is 0. The number of rotatable bonds is 7. The van der Waals surface area contributed by atoms with Gasteiger partial charge in [-0.1, -0.05) is 13.8 Å². The molecular weight excluding hydrogens is 262 g/mol. The van der Waals surface area contributed by atoms with Crippen molar-refractivity contribution in [3.05, 3.63) is 18.0 Å². The maximum atomic E-state index is 11.7. The standard InChI is InChI=1S/C17H29N3O/c1-14(2)17(21)7-5-9-19-8-4-6-16(12-19)13-20-11-15(3)10-18-20/h10-11,14,16H,4-9,12-13H2,1-3H3/t16-/m0/s1. The molecule has 21 heavy (non-hydrogen) atoms. The van der Waals surface area contributed by atoms with E-state index in [1.807, 2.05) is 20.0 Å². The lowest BCUT2D eigenvalue weighted by molar-refractivity contribution is -0.122. The Morgan fingerprint density at radius 1 is 1.48 bits per heavy atom. The van der Waals surface area contributed by atoms with Crippen LogP contribution in [0, 0.1) is 18.8 Å². The van der Waals surface area contributed by atoms with Crippen molar-refractivity contribution in [1.29, 1.82) is 0 Å². The van der Waals surface area contributed by atoms with Crippen LogP contribution >= 0.6 is 0 Å². The molecule has 0 amide bonds. The van der Waals surface area contributed by atoms with Gasteiger partial charge in [0, 0.05) is 31.6 Å². The third-order valence-electron chi connectivity index (χ3n) is 4.35. The quantitative estimate of drug-likeness (QED) is 0.775. The summed E-state index contributed by atoms with van der Waals surface area (Å²) in [4.78, 5) is 14.2. The summed E-state index contributed by atoms with van der Waals surface area (Å²) in [5, 5.41) is 4.39. The number of likely N-dealkylation sites (tertiary alicyclic amines) is 1. The van der Waals surface area contributed by atoms with Crippen LogP contribution in [0.3, 0.4) is 0 Å². The lowest BCUT2D eigenvalue weighted by atomic mass is 9.97. The van der Waals surface area contributed by atoms with Gasteiger partial charge in [-0.25, -0.2) is 0 Å². The first-order chi connectivity index (χ1) is 10.0. The average molecular weight is 291 g/mol. The molecular formula is C17H29N3O. The van der Waals surface area contributed by atoms with Crippen LogP contribution in [0.5, 0.6) is 0 Å². The highest BCUT2D eigenvalue weighted by Gasteiger charge is 2.20. The van der Waals surface area contributed by atoms with E-state index in [0.29, 0.717) is 11.7 Å². The van der Waals surface area contributed by atoms with Crippen molar-refractivity contribution in [3.63, 3.8) is 0 Å². The van der Waals surface area contributed by atoms with Crippen LogP contribution in [0.1, 0.15) is 45.1 Å². The minimum Gasteiger partial charge on any atom is -0.303 e. The molecule has 0 spiro atoms. The SMILES string of the molecule is Cc1cnn(C[C@H]2CCCN(CCCC(=O)C(C)C)C2)c1. The molecule has 1 aromatic rings. The summed E-state index contributed by atoms with van der Waals surface area (Å²) in [5.74, 6) is 1.27. The predicted molar refractivity (Wildman–Crippen MR) is 85.2 cm³/mol. The molecule has 0 unspecified atom stereocenters. The summed E-state index contributed by atoms with van der Waals surface area (Å²) < 4.78 is 2.08. The number of Topliss-reactive ketones (excluding diaryl/α,β-unsaturated/α-hetero) is 1. The molecule has 0 aromatic carbocycles. The number of ketones is 1. The third kappa shape index (κ3) is 5.27. The second kappa shape index (κ2) is 7.74. The predicted octanol–water partition coefficient (Wildman–Crippen LogP) is 2.91. The highest BCUT2D eigenvalue weighted by molar-refractivity contribution is 5.80. The molecule has 2 rings (SSSR count). The van der Waals surface area contributed by atoms with Crippen molar-refractivity contribution < 1.29 is 4.79 Å². The van der Waals surface area contributed by atoms with E-state index in [-0.39, 0.29) is 5.92 Å². The van der Waals surface area contributed by atoms with E-state index < -0.39 is 0 Å². The number of carbonyl (C=O) groups is 1. The van der Waals surface area contributed by atoms with Gasteiger partial charge in [0.25, 0.3) is 0 Å². The van der Waals surface area contributed by atoms with Crippen molar-refractivity contribution in [1.82, 2.24) is 14.7 Å². The number of piperidine rings is 1. The molecule has 1 saturated heterocycles. The minimum atomic E-state index is 0.183. The summed E-state index contributed by atoms with van der Waals surface area (Å²) in [6, 6.07) is 0. The van der Waals surface area contributed by atoms with Crippen LogP contribution in [-0.2, 0) is 11.3 Å². The van der Waals surface area contributed by atoms with Crippen LogP contribution < -0.4 is 0 Å². The Bertz CT molecular complexity index is 453. The Labute approximate surface area is 128 Å². The molecule has 1 aromatic heterocycles. The van der Waals surface area contributed by atoms with Crippen LogP contribution in [0.25, 0.3) is 0 Å². The van der Waals surface area contributed by atoms with E-state index in [4.69, 9.17) is 0 Å². The van der Waals surface area contributed by atoms with Crippen molar-refractivity contribution in [2.45, 2.75) is 53.0 Å². The monoisotopic (exact) mass is 291 g/mol. The van der Waals surface area contributed by atoms with Gasteiger partial charge < -0.3 is 4.90 Å². The summed E-state index contributed by atoms with van der Waals surface area (Å²) in [6.45, 7) is 10.5. The van der Waals surface area contributed by atoms with Crippen LogP contribution in [0.15, 0.2) is 12.4 Å². The first kappa shape index (κ1) is 16.2. The molecule has 0 radical (unpaired) electrons. The highest BCUT2D eigenvalue weighted by Crippen LogP contribution is 2.19. The molecule has 1 aliphatic rings. The first-order valence-electron chi connectivity index (χ1n) is 8.28. The molecule has 0 N–H and O–H groups in total. The second-order valence-corrected chi connectivity index (χ2v) is 6.77. The maximum Gasteiger partial charge on any atom is 0.135 e. The molecule has 2 heterocycles. The number of nitrogens with zero attached hydrogens (tertiary/aromatic N) is 3. The van der Waals surface area contributed by atoms with E-state index in [1.54, 1.807) is 0 Å². The zero-order chi connectivity index (χ0) is 15.2. The largest absolute Gasteiger partial charge is 0.303 e. The molecule has 0 aliphatic carbocycles. The normalized spacial score (nSPS) is 20.1. The number of aryl methyl sites for hydroxylation is 1. The molecule has 1 atom stereocenters. The summed E-state index contributed by atoms with van der Waals surface area (Å²) in [7, 11) is 0. The van der Waals surface area contributed by atoms with Gasteiger partial charge in [-0.2, -0.15) is 5.10 Å². The van der Waals surface area contributed by atoms with Gasteiger partial charge >= 0.3 is 0 Å². The maximum absolute atomic E-state index is 11.7. The van der Waals surface area contributed by atoms with Gasteiger partial charge in [-0.05, 0) is 50.8 Å². The van der Waals surface area contributed by atoms with Gasteiger partial charge in [0.05, 0.1) is 6.20 Å². The Hall–Kier alpha value is -1.16. The van der Waals surface area contributed by atoms with Crippen molar-refractivity contribution in [2.24, 2.45) is 11.8 Å². The van der Waals surface area contributed by atoms with Crippen molar-refractivity contribution in [3.8, 4) is 0 Å². The van der Waals surface area contributed by atoms with Crippen molar-refractivity contribution >= 4 is 5.78 Å². The van der Waals surface area contributed by atoms with Gasteiger partial charge in [0.1, 0.15) is 5.78 Å². The number of carbonyl (C=O) groups excluding carboxylic acids is 1. The Balaban J connectivity index is 1.72. The fourth-order valence-electron chi connectivity index (χ4n) is 3.10. The van der Waals surface area contributed by atoms with E-state index >= 15 is 0 Å². The zero-order valence-electron chi connectivity index (χ0n) is 13.7. The fourth-order valence-corrected chi connectivity index (χ4v) is 3.10. The summed E-state index contributed by atoms with van der Waals surface area (Å²) >= 11 is 0. The lowest BCUT2D eigenvalue weighted by Gasteiger charge is -2.32. The van der Waals surface area contributed by atoms with Crippen LogP contribution in [0.4, 0.5) is 0 Å². The summed E-state index contributed by atoms with van der Waals surface area (Å²) in [6.07, 6.45) is 8.35. The van der Waals surface area contributed by atoms with E-state index in [9.17, 15) is 4.79 Å². The number of hydrogen-bond acceptors (Lipinski definition) is 3. The van der Waals surface area contributed by atoms with Crippen LogP contribution in [0.2, 0.25) is 0 Å². The lowest BCUT2D eigenvalue weighted by Crippen LogP contribution is -2.37. The second-order valence-electron chi connectivity index (χ2n) is 6.77. The average Bonchev–Trinajstić information content (AvgIpc) is 2.84. The Morgan fingerprint density at radius 2 is 2.29 bits per heavy atom. The Morgan fingerprint density at radius 3 is 2.95 bits per heavy atom. The van der Waals surface area contributed by atoms with Crippen molar-refractivity contribution in [2.75, 3.05) is 19.6 Å². The summed E-state index contributed by atoms with van der Waals surface area (Å²) in [5.41, 5.74) is 1.23. The number of aromatic nitrogens is 2. The fraction of sp³-hybridized carbons (Fsp3) is 0.765. The van der Waals surface area contributed by atoms with Gasteiger partial charge in [0.15, 0.2) is 0 Å². The smallest absolute Gasteiger partial charge is 0.135 e. The highest BCUT2D eigenvalue weighted by atomic mass is 16.1. The van der Waals surface area contributed by atoms with Gasteiger partial charge in [-0.3, -0.25) is 9.48 Å². The molecule has 4 heteroatoms. The molecule has 4 nitrogen and oxygen atoms in total. The Kier molecular flexibility index (Phi) is 5.97. The van der Waals surface area contributed by atoms with E-state index in [2.05, 4.69) is 27.8 Å². The van der Waals surface area contributed by atoms with Crippen LogP contribution in [-0.4, -0.2) is 40.1 Å². The molecule has 1 aliphatic heterocycles. The zero-order valence-corrected chi connectivity index (χ0v) is 13.7. The molecule has 0 saturated carbocycles. The first-order valence-corrected chi connectivity index (χ1v) is 8.28. The molecule has 0 bridgehead atoms. The van der Waals surface area contributed by atoms with Gasteiger partial charge in [-0.15, -0.1) is 0 Å². The van der Waals surface area contributed by atoms with Gasteiger partial charge in [0.2, 0.25) is 0 Å². The third-order valence-corrected chi connectivity index (χ3v) is 4.35. The molecule has 118 valence electrons. The molecule has 1 fully saturated rings. The minimum absolute atomic E-state index is 0.183. The van der Waals surface area contributed by atoms with E-state index in [0.717, 1.165) is 32.5 Å².